The molecule has 1 heterocycles. The van der Waals surface area contributed by atoms with E-state index in [0.717, 1.165) is 24.2 Å². The molecule has 1 aromatic heterocycles. The molecule has 116 valence electrons. The summed E-state index contributed by atoms with van der Waals surface area (Å²) in [5.74, 6) is 0.752. The van der Waals surface area contributed by atoms with Gasteiger partial charge in [-0.3, -0.25) is 9.59 Å². The number of benzene rings is 1. The molecule has 0 aliphatic heterocycles. The highest BCUT2D eigenvalue weighted by atomic mass is 16.5. The molecule has 0 aliphatic carbocycles. The van der Waals surface area contributed by atoms with Crippen molar-refractivity contribution >= 4 is 6.29 Å². The van der Waals surface area contributed by atoms with E-state index in [4.69, 9.17) is 4.74 Å². The second-order valence-corrected chi connectivity index (χ2v) is 5.01. The zero-order valence-electron chi connectivity index (χ0n) is 12.9. The number of carbonyl (C=O) groups excluding carboxylic acids is 1. The van der Waals surface area contributed by atoms with Gasteiger partial charge in [-0.25, -0.2) is 4.68 Å². The van der Waals surface area contributed by atoms with E-state index in [1.165, 1.54) is 10.7 Å². The summed E-state index contributed by atoms with van der Waals surface area (Å²) in [5.41, 5.74) is 1.19. The van der Waals surface area contributed by atoms with Crippen molar-refractivity contribution in [3.05, 3.63) is 46.2 Å². The molecular formula is C17H20N2O3. The largest absolute Gasteiger partial charge is 0.494 e. The molecule has 0 radical (unpaired) electrons. The summed E-state index contributed by atoms with van der Waals surface area (Å²) in [6.45, 7) is 5.13. The summed E-state index contributed by atoms with van der Waals surface area (Å²) in [7, 11) is 0. The molecule has 0 saturated heterocycles. The molecule has 0 atom stereocenters. The maximum Gasteiger partial charge on any atom is 0.277 e. The van der Waals surface area contributed by atoms with E-state index in [2.05, 4.69) is 5.10 Å². The lowest BCUT2D eigenvalue weighted by atomic mass is 10.1. The minimum absolute atomic E-state index is 0.123. The summed E-state index contributed by atoms with van der Waals surface area (Å²) in [6.07, 6.45) is 2.28. The van der Waals surface area contributed by atoms with Crippen molar-refractivity contribution in [3.8, 4) is 17.0 Å². The molecule has 0 unspecified atom stereocenters. The van der Waals surface area contributed by atoms with Crippen LogP contribution in [0, 0.1) is 0 Å². The van der Waals surface area contributed by atoms with Crippen molar-refractivity contribution in [1.29, 1.82) is 0 Å². The highest BCUT2D eigenvalue weighted by molar-refractivity contribution is 5.77. The van der Waals surface area contributed by atoms with Gasteiger partial charge >= 0.3 is 0 Å². The molecule has 2 rings (SSSR count). The van der Waals surface area contributed by atoms with Crippen LogP contribution >= 0.6 is 0 Å². The first-order valence-electron chi connectivity index (χ1n) is 7.50. The van der Waals surface area contributed by atoms with Crippen LogP contribution in [-0.4, -0.2) is 22.7 Å². The Morgan fingerprint density at radius 2 is 2.05 bits per heavy atom. The minimum atomic E-state index is -0.348. The van der Waals surface area contributed by atoms with Crippen molar-refractivity contribution in [3.63, 3.8) is 0 Å². The Kier molecular flexibility index (Phi) is 5.47. The third-order valence-corrected chi connectivity index (χ3v) is 3.17. The Hall–Kier alpha value is -2.43. The molecule has 5 nitrogen and oxygen atoms in total. The summed E-state index contributed by atoms with van der Waals surface area (Å²) < 4.78 is 6.96. The fourth-order valence-corrected chi connectivity index (χ4v) is 2.12. The minimum Gasteiger partial charge on any atom is -0.494 e. The van der Waals surface area contributed by atoms with Gasteiger partial charge in [-0.05, 0) is 31.0 Å². The lowest BCUT2D eigenvalue weighted by Gasteiger charge is -2.09. The molecule has 0 saturated carbocycles. The van der Waals surface area contributed by atoms with Gasteiger partial charge in [0.15, 0.2) is 6.29 Å². The average Bonchev–Trinajstić information content (AvgIpc) is 2.55. The Balaban J connectivity index is 2.45. The van der Waals surface area contributed by atoms with Crippen LogP contribution < -0.4 is 10.3 Å². The third-order valence-electron chi connectivity index (χ3n) is 3.17. The van der Waals surface area contributed by atoms with Crippen LogP contribution in [0.15, 0.2) is 35.1 Å². The number of aromatic nitrogens is 2. The topological polar surface area (TPSA) is 61.2 Å². The zero-order chi connectivity index (χ0) is 15.9. The Morgan fingerprint density at radius 3 is 2.73 bits per heavy atom. The van der Waals surface area contributed by atoms with Crippen LogP contribution in [0.4, 0.5) is 0 Å². The number of nitrogens with zero attached hydrogens (tertiary/aromatic N) is 2. The summed E-state index contributed by atoms with van der Waals surface area (Å²) in [4.78, 5) is 23.1. The van der Waals surface area contributed by atoms with Crippen LogP contribution in [0.1, 0.15) is 37.0 Å². The van der Waals surface area contributed by atoms with Crippen LogP contribution in [0.2, 0.25) is 0 Å². The van der Waals surface area contributed by atoms with E-state index in [1.54, 1.807) is 0 Å². The molecule has 22 heavy (non-hydrogen) atoms. The maximum atomic E-state index is 12.0. The molecular weight excluding hydrogens is 280 g/mol. The van der Waals surface area contributed by atoms with E-state index >= 15 is 0 Å². The second-order valence-electron chi connectivity index (χ2n) is 5.01. The van der Waals surface area contributed by atoms with E-state index < -0.39 is 0 Å². The first-order valence-corrected chi connectivity index (χ1v) is 7.50. The van der Waals surface area contributed by atoms with Gasteiger partial charge in [-0.2, -0.15) is 5.10 Å². The molecule has 5 heteroatoms. The van der Waals surface area contributed by atoms with Gasteiger partial charge in [0.25, 0.3) is 5.56 Å². The van der Waals surface area contributed by atoms with Crippen LogP contribution in [-0.2, 0) is 6.54 Å². The molecule has 0 fully saturated rings. The van der Waals surface area contributed by atoms with Crippen LogP contribution in [0.25, 0.3) is 11.3 Å². The average molecular weight is 300 g/mol. The fourth-order valence-electron chi connectivity index (χ4n) is 2.12. The van der Waals surface area contributed by atoms with Gasteiger partial charge in [-0.15, -0.1) is 0 Å². The quantitative estimate of drug-likeness (QED) is 0.738. The number of hydrogen-bond acceptors (Lipinski definition) is 4. The SMILES string of the molecule is CCCOc1cccc(-c2cc(C=O)c(=O)n(CCC)n2)c1. The number of aryl methyl sites for hydroxylation is 1. The van der Waals surface area contributed by atoms with Crippen LogP contribution in [0.5, 0.6) is 5.75 Å². The van der Waals surface area contributed by atoms with Crippen molar-refractivity contribution in [2.24, 2.45) is 0 Å². The van der Waals surface area contributed by atoms with Gasteiger partial charge in [0, 0.05) is 12.1 Å². The molecule has 1 aromatic carbocycles. The van der Waals surface area contributed by atoms with Crippen LogP contribution in [0.3, 0.4) is 0 Å². The number of rotatable bonds is 7. The van der Waals surface area contributed by atoms with Crippen molar-refractivity contribution in [2.45, 2.75) is 33.2 Å². The van der Waals surface area contributed by atoms with Gasteiger partial charge in [0.05, 0.1) is 17.9 Å². The van der Waals surface area contributed by atoms with Crippen molar-refractivity contribution < 1.29 is 9.53 Å². The van der Waals surface area contributed by atoms with E-state index in [0.29, 0.717) is 25.1 Å². The predicted molar refractivity (Wildman–Crippen MR) is 85.4 cm³/mol. The lowest BCUT2D eigenvalue weighted by Crippen LogP contribution is -2.26. The van der Waals surface area contributed by atoms with Gasteiger partial charge < -0.3 is 4.74 Å². The monoisotopic (exact) mass is 300 g/mol. The predicted octanol–water partition coefficient (Wildman–Crippen LogP) is 2.92. The molecule has 0 aliphatic rings. The lowest BCUT2D eigenvalue weighted by molar-refractivity contribution is 0.112. The molecule has 2 aromatic rings. The third kappa shape index (κ3) is 3.61. The first-order chi connectivity index (χ1) is 10.7. The number of carbonyl (C=O) groups is 1. The zero-order valence-corrected chi connectivity index (χ0v) is 12.9. The number of aldehydes is 1. The van der Waals surface area contributed by atoms with E-state index in [-0.39, 0.29) is 11.1 Å². The molecule has 0 N–H and O–H groups in total. The molecule has 0 amide bonds. The smallest absolute Gasteiger partial charge is 0.277 e. The van der Waals surface area contributed by atoms with Crippen molar-refractivity contribution in [2.75, 3.05) is 6.61 Å². The summed E-state index contributed by atoms with van der Waals surface area (Å²) in [5, 5.41) is 4.35. The normalized spacial score (nSPS) is 10.5. The Morgan fingerprint density at radius 1 is 1.23 bits per heavy atom. The second kappa shape index (κ2) is 7.54. The standard InChI is InChI=1S/C17H20N2O3/c1-3-8-19-17(21)14(12-20)11-16(18-19)13-6-5-7-15(10-13)22-9-4-2/h5-7,10-12H,3-4,8-9H2,1-2H3. The Labute approximate surface area is 129 Å². The first kappa shape index (κ1) is 15.9. The number of hydrogen-bond donors (Lipinski definition) is 0. The summed E-state index contributed by atoms with van der Waals surface area (Å²) >= 11 is 0. The highest BCUT2D eigenvalue weighted by Crippen LogP contribution is 2.22. The van der Waals surface area contributed by atoms with E-state index in [1.807, 2.05) is 38.1 Å². The fraction of sp³-hybridized carbons (Fsp3) is 0.353. The molecule has 0 spiro atoms. The molecule has 0 bridgehead atoms. The summed E-state index contributed by atoms with van der Waals surface area (Å²) in [6, 6.07) is 9.03. The van der Waals surface area contributed by atoms with Gasteiger partial charge in [-0.1, -0.05) is 26.0 Å². The number of ether oxygens (including phenoxy) is 1. The van der Waals surface area contributed by atoms with E-state index in [9.17, 15) is 9.59 Å². The van der Waals surface area contributed by atoms with Gasteiger partial charge in [0.1, 0.15) is 5.75 Å². The van der Waals surface area contributed by atoms with Crippen molar-refractivity contribution in [1.82, 2.24) is 9.78 Å². The highest BCUT2D eigenvalue weighted by Gasteiger charge is 2.09. The Bertz CT molecular complexity index is 707. The van der Waals surface area contributed by atoms with Gasteiger partial charge in [0.2, 0.25) is 0 Å². The maximum absolute atomic E-state index is 12.0.